The number of hydrogen-bond acceptors (Lipinski definition) is 2. The summed E-state index contributed by atoms with van der Waals surface area (Å²) in [5.74, 6) is 5.45. The molecular weight excluding hydrogens is 264 g/mol. The third-order valence-electron chi connectivity index (χ3n) is 2.29. The van der Waals surface area contributed by atoms with Crippen molar-refractivity contribution in [1.82, 2.24) is 0 Å². The van der Waals surface area contributed by atoms with Crippen molar-refractivity contribution in [3.8, 4) is 0 Å². The van der Waals surface area contributed by atoms with Gasteiger partial charge in [-0.2, -0.15) is 5.10 Å². The van der Waals surface area contributed by atoms with Crippen molar-refractivity contribution in [2.45, 2.75) is 0 Å². The molecule has 0 aliphatic heterocycles. The van der Waals surface area contributed by atoms with Gasteiger partial charge in [0.05, 0.1) is 5.71 Å². The van der Waals surface area contributed by atoms with E-state index in [2.05, 4.69) is 21.0 Å². The lowest BCUT2D eigenvalue weighted by Gasteiger charge is -2.05. The van der Waals surface area contributed by atoms with Crippen molar-refractivity contribution in [2.75, 3.05) is 0 Å². The SMILES string of the molecule is NN=C(c1ccccc1)c1ccc(Br)cc1. The molecule has 0 saturated carbocycles. The third kappa shape index (κ3) is 2.31. The molecule has 0 fully saturated rings. The van der Waals surface area contributed by atoms with E-state index in [0.29, 0.717) is 0 Å². The number of benzene rings is 2. The van der Waals surface area contributed by atoms with Crippen LogP contribution in [0, 0.1) is 0 Å². The molecule has 0 atom stereocenters. The van der Waals surface area contributed by atoms with Gasteiger partial charge < -0.3 is 5.84 Å². The van der Waals surface area contributed by atoms with Gasteiger partial charge >= 0.3 is 0 Å². The number of hydrogen-bond donors (Lipinski definition) is 1. The van der Waals surface area contributed by atoms with Gasteiger partial charge in [-0.05, 0) is 12.1 Å². The largest absolute Gasteiger partial charge is 0.323 e. The third-order valence-corrected chi connectivity index (χ3v) is 2.82. The highest BCUT2D eigenvalue weighted by molar-refractivity contribution is 9.10. The van der Waals surface area contributed by atoms with Gasteiger partial charge in [-0.15, -0.1) is 0 Å². The summed E-state index contributed by atoms with van der Waals surface area (Å²) in [6.45, 7) is 0. The van der Waals surface area contributed by atoms with Crippen molar-refractivity contribution in [2.24, 2.45) is 10.9 Å². The summed E-state index contributed by atoms with van der Waals surface area (Å²) in [6, 6.07) is 17.8. The average molecular weight is 275 g/mol. The topological polar surface area (TPSA) is 38.4 Å². The molecule has 0 heterocycles. The zero-order valence-corrected chi connectivity index (χ0v) is 10.2. The fraction of sp³-hybridized carbons (Fsp3) is 0. The Balaban J connectivity index is 2.42. The summed E-state index contributed by atoms with van der Waals surface area (Å²) in [5, 5.41) is 3.86. The van der Waals surface area contributed by atoms with Crippen LogP contribution in [0.3, 0.4) is 0 Å². The molecule has 80 valence electrons. The van der Waals surface area contributed by atoms with Crippen LogP contribution in [-0.2, 0) is 0 Å². The molecular formula is C13H11BrN2. The predicted molar refractivity (Wildman–Crippen MR) is 70.4 cm³/mol. The molecule has 0 amide bonds. The van der Waals surface area contributed by atoms with Crippen LogP contribution >= 0.6 is 15.9 Å². The zero-order valence-electron chi connectivity index (χ0n) is 8.60. The number of nitrogens with zero attached hydrogens (tertiary/aromatic N) is 1. The summed E-state index contributed by atoms with van der Waals surface area (Å²) in [4.78, 5) is 0. The Labute approximate surface area is 103 Å². The molecule has 2 aromatic carbocycles. The van der Waals surface area contributed by atoms with Gasteiger partial charge in [0.25, 0.3) is 0 Å². The normalized spacial score (nSPS) is 11.4. The molecule has 16 heavy (non-hydrogen) atoms. The summed E-state index contributed by atoms with van der Waals surface area (Å²) in [6.07, 6.45) is 0. The van der Waals surface area contributed by atoms with Crippen LogP contribution in [0.2, 0.25) is 0 Å². The number of halogens is 1. The maximum Gasteiger partial charge on any atom is 0.0971 e. The Kier molecular flexibility index (Phi) is 3.37. The Hall–Kier alpha value is -1.61. The maximum atomic E-state index is 5.45. The van der Waals surface area contributed by atoms with Crippen LogP contribution in [0.15, 0.2) is 64.2 Å². The van der Waals surface area contributed by atoms with Crippen LogP contribution in [0.4, 0.5) is 0 Å². The zero-order chi connectivity index (χ0) is 11.4. The maximum absolute atomic E-state index is 5.45. The van der Waals surface area contributed by atoms with E-state index >= 15 is 0 Å². The lowest BCUT2D eigenvalue weighted by atomic mass is 10.0. The van der Waals surface area contributed by atoms with Crippen LogP contribution in [0.5, 0.6) is 0 Å². The van der Waals surface area contributed by atoms with Gasteiger partial charge in [-0.1, -0.05) is 58.4 Å². The molecule has 0 aromatic heterocycles. The monoisotopic (exact) mass is 274 g/mol. The number of hydrazone groups is 1. The molecule has 0 unspecified atom stereocenters. The van der Waals surface area contributed by atoms with E-state index in [0.717, 1.165) is 21.3 Å². The molecule has 0 saturated heterocycles. The predicted octanol–water partition coefficient (Wildman–Crippen LogP) is 3.16. The lowest BCUT2D eigenvalue weighted by molar-refractivity contribution is 1.24. The smallest absolute Gasteiger partial charge is 0.0971 e. The van der Waals surface area contributed by atoms with Gasteiger partial charge in [0, 0.05) is 15.6 Å². The van der Waals surface area contributed by atoms with Gasteiger partial charge in [0.1, 0.15) is 0 Å². The molecule has 2 aromatic rings. The van der Waals surface area contributed by atoms with E-state index in [9.17, 15) is 0 Å². The summed E-state index contributed by atoms with van der Waals surface area (Å²) in [7, 11) is 0. The second kappa shape index (κ2) is 4.94. The van der Waals surface area contributed by atoms with Gasteiger partial charge in [0.15, 0.2) is 0 Å². The minimum absolute atomic E-state index is 0.799. The standard InChI is InChI=1S/C13H11BrN2/c14-12-8-6-11(7-9-12)13(16-15)10-4-2-1-3-5-10/h1-9H,15H2. The fourth-order valence-corrected chi connectivity index (χ4v) is 1.78. The highest BCUT2D eigenvalue weighted by Crippen LogP contribution is 2.14. The second-order valence-corrected chi connectivity index (χ2v) is 4.27. The Bertz CT molecular complexity index is 489. The Morgan fingerprint density at radius 2 is 1.44 bits per heavy atom. The van der Waals surface area contributed by atoms with E-state index in [1.54, 1.807) is 0 Å². The summed E-state index contributed by atoms with van der Waals surface area (Å²) >= 11 is 3.40. The number of rotatable bonds is 2. The van der Waals surface area contributed by atoms with Gasteiger partial charge in [0.2, 0.25) is 0 Å². The highest BCUT2D eigenvalue weighted by atomic mass is 79.9. The molecule has 0 bridgehead atoms. The summed E-state index contributed by atoms with van der Waals surface area (Å²) in [5.41, 5.74) is 2.83. The van der Waals surface area contributed by atoms with E-state index in [1.165, 1.54) is 0 Å². The Morgan fingerprint density at radius 3 is 2.00 bits per heavy atom. The van der Waals surface area contributed by atoms with Crippen LogP contribution in [-0.4, -0.2) is 5.71 Å². The van der Waals surface area contributed by atoms with E-state index in [-0.39, 0.29) is 0 Å². The molecule has 2 N–H and O–H groups in total. The van der Waals surface area contributed by atoms with Crippen molar-refractivity contribution >= 4 is 21.6 Å². The molecule has 2 rings (SSSR count). The van der Waals surface area contributed by atoms with Crippen LogP contribution < -0.4 is 5.84 Å². The molecule has 0 radical (unpaired) electrons. The Morgan fingerprint density at radius 1 is 0.875 bits per heavy atom. The molecule has 2 nitrogen and oxygen atoms in total. The molecule has 3 heteroatoms. The minimum atomic E-state index is 0.799. The first kappa shape index (κ1) is 10.9. The molecule has 0 spiro atoms. The van der Waals surface area contributed by atoms with E-state index in [1.807, 2.05) is 54.6 Å². The van der Waals surface area contributed by atoms with Crippen LogP contribution in [0.1, 0.15) is 11.1 Å². The highest BCUT2D eigenvalue weighted by Gasteiger charge is 2.05. The van der Waals surface area contributed by atoms with Crippen molar-refractivity contribution in [1.29, 1.82) is 0 Å². The minimum Gasteiger partial charge on any atom is -0.323 e. The summed E-state index contributed by atoms with van der Waals surface area (Å²) < 4.78 is 1.04. The van der Waals surface area contributed by atoms with Crippen molar-refractivity contribution in [3.63, 3.8) is 0 Å². The molecule has 0 aliphatic carbocycles. The van der Waals surface area contributed by atoms with Crippen LogP contribution in [0.25, 0.3) is 0 Å². The van der Waals surface area contributed by atoms with E-state index in [4.69, 9.17) is 5.84 Å². The first-order valence-electron chi connectivity index (χ1n) is 4.90. The second-order valence-electron chi connectivity index (χ2n) is 3.35. The van der Waals surface area contributed by atoms with E-state index < -0.39 is 0 Å². The van der Waals surface area contributed by atoms with Crippen molar-refractivity contribution in [3.05, 3.63) is 70.2 Å². The molecule has 0 aliphatic rings. The quantitative estimate of drug-likeness (QED) is 0.510. The first-order valence-corrected chi connectivity index (χ1v) is 5.70. The van der Waals surface area contributed by atoms with Crippen molar-refractivity contribution < 1.29 is 0 Å². The van der Waals surface area contributed by atoms with Gasteiger partial charge in [-0.25, -0.2) is 0 Å². The fourth-order valence-electron chi connectivity index (χ4n) is 1.52. The lowest BCUT2D eigenvalue weighted by Crippen LogP contribution is -2.05. The first-order chi connectivity index (χ1) is 7.81. The van der Waals surface area contributed by atoms with Gasteiger partial charge in [-0.3, -0.25) is 0 Å². The average Bonchev–Trinajstić information content (AvgIpc) is 2.34. The number of nitrogens with two attached hydrogens (primary N) is 1.